The van der Waals surface area contributed by atoms with E-state index < -0.39 is 0 Å². The Morgan fingerprint density at radius 3 is 2.29 bits per heavy atom. The highest BCUT2D eigenvalue weighted by Crippen LogP contribution is 2.30. The molecule has 1 aromatic heterocycles. The van der Waals surface area contributed by atoms with Gasteiger partial charge >= 0.3 is 0 Å². The molecule has 2 atom stereocenters. The van der Waals surface area contributed by atoms with Crippen LogP contribution in [0.15, 0.2) is 6.07 Å². The van der Waals surface area contributed by atoms with E-state index in [1.807, 2.05) is 6.07 Å². The number of hydrogen-bond acceptors (Lipinski definition) is 6. The van der Waals surface area contributed by atoms with Crippen LogP contribution in [0.2, 0.25) is 5.15 Å². The Balaban J connectivity index is 1.88. The summed E-state index contributed by atoms with van der Waals surface area (Å²) in [5, 5.41) is 8.86. The maximum absolute atomic E-state index is 6.27. The molecular weight excluding hydrogens is 292 g/mol. The van der Waals surface area contributed by atoms with E-state index in [0.29, 0.717) is 31.0 Å². The fourth-order valence-electron chi connectivity index (χ4n) is 2.85. The molecule has 7 heteroatoms. The van der Waals surface area contributed by atoms with Crippen LogP contribution in [0, 0.1) is 0 Å². The van der Waals surface area contributed by atoms with Gasteiger partial charge in [0.2, 0.25) is 0 Å². The van der Waals surface area contributed by atoms with Gasteiger partial charge in [0, 0.05) is 25.2 Å². The van der Waals surface area contributed by atoms with E-state index in [9.17, 15) is 0 Å². The van der Waals surface area contributed by atoms with Gasteiger partial charge in [-0.15, -0.1) is 10.2 Å². The molecule has 21 heavy (non-hydrogen) atoms. The Morgan fingerprint density at radius 2 is 1.67 bits per heavy atom. The van der Waals surface area contributed by atoms with Gasteiger partial charge in [0.05, 0.1) is 38.2 Å². The summed E-state index contributed by atoms with van der Waals surface area (Å²) in [6.07, 6.45) is 0. The minimum atomic E-state index is 0.287. The summed E-state index contributed by atoms with van der Waals surface area (Å²) in [6.45, 7) is 8.78. The molecule has 6 nitrogen and oxygen atoms in total. The molecule has 2 aliphatic rings. The largest absolute Gasteiger partial charge is 0.377 e. The minimum absolute atomic E-state index is 0.287. The lowest BCUT2D eigenvalue weighted by molar-refractivity contribution is 0.0979. The van der Waals surface area contributed by atoms with Gasteiger partial charge in [-0.1, -0.05) is 11.6 Å². The molecule has 116 valence electrons. The third kappa shape index (κ3) is 3.07. The van der Waals surface area contributed by atoms with E-state index in [1.54, 1.807) is 0 Å². The Kier molecular flexibility index (Phi) is 4.47. The second-order valence-electron chi connectivity index (χ2n) is 5.61. The minimum Gasteiger partial charge on any atom is -0.377 e. The number of anilines is 2. The first kappa shape index (κ1) is 14.8. The van der Waals surface area contributed by atoms with Crippen molar-refractivity contribution in [3.05, 3.63) is 11.2 Å². The van der Waals surface area contributed by atoms with Crippen LogP contribution in [0.5, 0.6) is 0 Å². The number of morpholine rings is 2. The van der Waals surface area contributed by atoms with Crippen molar-refractivity contribution in [3.8, 4) is 0 Å². The molecule has 0 aromatic carbocycles. The van der Waals surface area contributed by atoms with Crippen LogP contribution in [0.25, 0.3) is 0 Å². The predicted molar refractivity (Wildman–Crippen MR) is 82.3 cm³/mol. The van der Waals surface area contributed by atoms with Gasteiger partial charge in [0.15, 0.2) is 11.0 Å². The van der Waals surface area contributed by atoms with Crippen LogP contribution in [0.4, 0.5) is 11.5 Å². The van der Waals surface area contributed by atoms with Crippen molar-refractivity contribution >= 4 is 23.1 Å². The summed E-state index contributed by atoms with van der Waals surface area (Å²) in [5.41, 5.74) is 0.941. The molecule has 3 heterocycles. The number of halogens is 1. The maximum atomic E-state index is 6.27. The Morgan fingerprint density at radius 1 is 1.05 bits per heavy atom. The Hall–Kier alpha value is -1.11. The quantitative estimate of drug-likeness (QED) is 0.826. The van der Waals surface area contributed by atoms with Gasteiger partial charge < -0.3 is 19.3 Å². The predicted octanol–water partition coefficient (Wildman–Crippen LogP) is 1.58. The van der Waals surface area contributed by atoms with Crippen LogP contribution >= 0.6 is 11.6 Å². The smallest absolute Gasteiger partial charge is 0.175 e. The molecule has 1 aromatic rings. The first-order valence-electron chi connectivity index (χ1n) is 7.39. The first-order valence-corrected chi connectivity index (χ1v) is 7.76. The molecule has 0 spiro atoms. The van der Waals surface area contributed by atoms with Crippen LogP contribution in [0.1, 0.15) is 13.8 Å². The normalized spacial score (nSPS) is 27.0. The zero-order chi connectivity index (χ0) is 14.8. The molecule has 0 unspecified atom stereocenters. The van der Waals surface area contributed by atoms with Crippen molar-refractivity contribution in [2.45, 2.75) is 25.9 Å². The lowest BCUT2D eigenvalue weighted by Gasteiger charge is -2.37. The maximum Gasteiger partial charge on any atom is 0.175 e. The summed E-state index contributed by atoms with van der Waals surface area (Å²) in [7, 11) is 0. The summed E-state index contributed by atoms with van der Waals surface area (Å²) in [4.78, 5) is 4.47. The number of ether oxygens (including phenoxy) is 2. The lowest BCUT2D eigenvalue weighted by atomic mass is 10.2. The molecule has 2 fully saturated rings. The highest BCUT2D eigenvalue weighted by atomic mass is 35.5. The van der Waals surface area contributed by atoms with Gasteiger partial charge in [0.1, 0.15) is 0 Å². The third-order valence-corrected chi connectivity index (χ3v) is 4.33. The molecule has 3 rings (SSSR count). The Labute approximate surface area is 130 Å². The van der Waals surface area contributed by atoms with Crippen molar-refractivity contribution in [2.75, 3.05) is 49.3 Å². The fraction of sp³-hybridized carbons (Fsp3) is 0.714. The van der Waals surface area contributed by atoms with Crippen molar-refractivity contribution in [1.29, 1.82) is 0 Å². The van der Waals surface area contributed by atoms with Crippen LogP contribution in [-0.4, -0.2) is 61.8 Å². The fourth-order valence-corrected chi connectivity index (χ4v) is 3.05. The monoisotopic (exact) mass is 312 g/mol. The van der Waals surface area contributed by atoms with Crippen LogP contribution in [-0.2, 0) is 9.47 Å². The summed E-state index contributed by atoms with van der Waals surface area (Å²) >= 11 is 6.27. The van der Waals surface area contributed by atoms with E-state index in [0.717, 1.165) is 31.2 Å². The standard InChI is InChI=1S/C14H21ClN4O2/c1-10-8-20-5-3-18(10)12-7-13(16-17-14(12)15)19-4-6-21-9-11(19)2/h7,10-11H,3-6,8-9H2,1-2H3/t10-,11-/m1/s1. The van der Waals surface area contributed by atoms with Crippen molar-refractivity contribution in [2.24, 2.45) is 0 Å². The summed E-state index contributed by atoms with van der Waals surface area (Å²) in [5.74, 6) is 0.865. The van der Waals surface area contributed by atoms with E-state index in [-0.39, 0.29) is 6.04 Å². The van der Waals surface area contributed by atoms with Crippen molar-refractivity contribution in [3.63, 3.8) is 0 Å². The molecular formula is C14H21ClN4O2. The van der Waals surface area contributed by atoms with Crippen LogP contribution in [0.3, 0.4) is 0 Å². The first-order chi connectivity index (χ1) is 10.2. The summed E-state index contributed by atoms with van der Waals surface area (Å²) in [6, 6.07) is 2.62. The summed E-state index contributed by atoms with van der Waals surface area (Å²) < 4.78 is 11.0. The second-order valence-corrected chi connectivity index (χ2v) is 5.97. The second kappa shape index (κ2) is 6.34. The van der Waals surface area contributed by atoms with Gasteiger partial charge in [-0.05, 0) is 13.8 Å². The molecule has 2 saturated heterocycles. The van der Waals surface area contributed by atoms with Gasteiger partial charge in [-0.25, -0.2) is 0 Å². The zero-order valence-corrected chi connectivity index (χ0v) is 13.2. The number of rotatable bonds is 2. The van der Waals surface area contributed by atoms with E-state index in [2.05, 4.69) is 33.8 Å². The molecule has 0 aliphatic carbocycles. The Bertz CT molecular complexity index is 502. The van der Waals surface area contributed by atoms with Gasteiger partial charge in [-0.2, -0.15) is 0 Å². The highest BCUT2D eigenvalue weighted by molar-refractivity contribution is 6.32. The molecule has 0 amide bonds. The van der Waals surface area contributed by atoms with Crippen LogP contribution < -0.4 is 9.80 Å². The lowest BCUT2D eigenvalue weighted by Crippen LogP contribution is -2.45. The average Bonchev–Trinajstić information content (AvgIpc) is 2.49. The van der Waals surface area contributed by atoms with E-state index in [1.165, 1.54) is 0 Å². The number of aromatic nitrogens is 2. The molecule has 2 aliphatic heterocycles. The molecule has 0 bridgehead atoms. The molecule has 0 N–H and O–H groups in total. The number of hydrogen-bond donors (Lipinski definition) is 0. The zero-order valence-electron chi connectivity index (χ0n) is 12.5. The van der Waals surface area contributed by atoms with E-state index >= 15 is 0 Å². The SMILES string of the molecule is C[C@@H]1COCCN1c1cc(N2CCOC[C@H]2C)c(Cl)nn1. The molecule has 0 saturated carbocycles. The third-order valence-electron chi connectivity index (χ3n) is 4.06. The van der Waals surface area contributed by atoms with E-state index in [4.69, 9.17) is 21.1 Å². The number of nitrogens with zero attached hydrogens (tertiary/aromatic N) is 4. The highest BCUT2D eigenvalue weighted by Gasteiger charge is 2.25. The van der Waals surface area contributed by atoms with Crippen molar-refractivity contribution < 1.29 is 9.47 Å². The molecule has 0 radical (unpaired) electrons. The van der Waals surface area contributed by atoms with Gasteiger partial charge in [-0.3, -0.25) is 0 Å². The average molecular weight is 313 g/mol. The van der Waals surface area contributed by atoms with Crippen molar-refractivity contribution in [1.82, 2.24) is 10.2 Å². The topological polar surface area (TPSA) is 50.7 Å². The van der Waals surface area contributed by atoms with Gasteiger partial charge in [0.25, 0.3) is 0 Å².